The average molecular weight is 1050 g/mol. The third-order valence-electron chi connectivity index (χ3n) is 18.1. The highest BCUT2D eigenvalue weighted by molar-refractivity contribution is 8.03. The lowest BCUT2D eigenvalue weighted by molar-refractivity contribution is 0.554. The molecule has 0 amide bonds. The van der Waals surface area contributed by atoms with E-state index in [1.807, 2.05) is 23.1 Å². The Morgan fingerprint density at radius 2 is 1.21 bits per heavy atom. The smallest absolute Gasteiger partial charge is 0.222 e. The minimum Gasteiger partial charge on any atom is -0.448 e. The van der Waals surface area contributed by atoms with Gasteiger partial charge in [0.25, 0.3) is 0 Å². The molecule has 4 unspecified atom stereocenters. The van der Waals surface area contributed by atoms with Gasteiger partial charge in [-0.15, -0.1) is 11.3 Å². The molecule has 6 aromatic heterocycles. The van der Waals surface area contributed by atoms with E-state index in [1.165, 1.54) is 157 Å². The molecule has 78 heavy (non-hydrogen) atoms. The van der Waals surface area contributed by atoms with E-state index in [1.54, 1.807) is 0 Å². The molecule has 0 N–H and O–H groups in total. The summed E-state index contributed by atoms with van der Waals surface area (Å²) in [5.74, 6) is 1.17. The van der Waals surface area contributed by atoms with Gasteiger partial charge < -0.3 is 23.0 Å². The van der Waals surface area contributed by atoms with Crippen molar-refractivity contribution >= 4 is 156 Å². The molecule has 9 aromatic carbocycles. The topological polar surface area (TPSA) is 35.6 Å². The van der Waals surface area contributed by atoms with Crippen LogP contribution in [0.15, 0.2) is 196 Å². The molecule has 15 aromatic rings. The number of rotatable bonds is 3. The Bertz CT molecular complexity index is 5430. The Morgan fingerprint density at radius 3 is 1.92 bits per heavy atom. The van der Waals surface area contributed by atoms with Crippen molar-refractivity contribution in [3.05, 3.63) is 220 Å². The van der Waals surface area contributed by atoms with Gasteiger partial charge in [-0.3, -0.25) is 4.40 Å². The normalized spacial score (nSPS) is 18.1. The van der Waals surface area contributed by atoms with E-state index in [-0.39, 0.29) is 6.04 Å². The zero-order valence-corrected chi connectivity index (χ0v) is 44.8. The van der Waals surface area contributed by atoms with Gasteiger partial charge >= 0.3 is 0 Å². The summed E-state index contributed by atoms with van der Waals surface area (Å²) in [5, 5.41) is 10.5. The molecule has 3 aliphatic carbocycles. The monoisotopic (exact) mass is 1050 g/mol. The zero-order valence-electron chi connectivity index (χ0n) is 42.3. The van der Waals surface area contributed by atoms with Gasteiger partial charge in [-0.25, -0.2) is 0 Å². The molecule has 8 heterocycles. The van der Waals surface area contributed by atoms with Crippen molar-refractivity contribution in [3.63, 3.8) is 0 Å². The lowest BCUT2D eigenvalue weighted by Gasteiger charge is -2.42. The number of nitrogens with zero attached hydrogens (tertiary/aromatic N) is 5. The quantitative estimate of drug-likeness (QED) is 0.131. The van der Waals surface area contributed by atoms with Gasteiger partial charge in [0, 0.05) is 48.9 Å². The van der Waals surface area contributed by atoms with E-state index in [4.69, 9.17) is 4.42 Å². The van der Waals surface area contributed by atoms with Crippen molar-refractivity contribution < 1.29 is 4.42 Å². The maximum Gasteiger partial charge on any atom is 0.222 e. The highest BCUT2D eigenvalue weighted by Crippen LogP contribution is 2.67. The number of aromatic nitrogens is 4. The van der Waals surface area contributed by atoms with E-state index in [0.717, 1.165) is 16.7 Å². The highest BCUT2D eigenvalue weighted by Gasteiger charge is 2.51. The first-order valence-electron chi connectivity index (χ1n) is 27.2. The molecule has 20 rings (SSSR count). The third kappa shape index (κ3) is 5.03. The van der Waals surface area contributed by atoms with Gasteiger partial charge in [-0.05, 0) is 122 Å². The third-order valence-corrected chi connectivity index (χ3v) is 23.2. The van der Waals surface area contributed by atoms with Crippen LogP contribution in [0.2, 0.25) is 0 Å². The predicted molar refractivity (Wildman–Crippen MR) is 329 cm³/mol. The number of hydrogen-bond acceptors (Lipinski definition) is 4. The van der Waals surface area contributed by atoms with Gasteiger partial charge in [0.2, 0.25) is 15.5 Å². The number of fused-ring (bicyclic) bond motifs is 17. The van der Waals surface area contributed by atoms with E-state index in [2.05, 4.69) is 231 Å². The minimum absolute atomic E-state index is 0.127. The molecule has 1 saturated carbocycles. The van der Waals surface area contributed by atoms with Crippen LogP contribution in [0.3, 0.4) is 0 Å². The Hall–Kier alpha value is -8.52. The van der Waals surface area contributed by atoms with E-state index < -0.39 is 7.34 Å². The van der Waals surface area contributed by atoms with E-state index >= 15 is 0 Å². The van der Waals surface area contributed by atoms with Crippen LogP contribution in [-0.4, -0.2) is 18.1 Å². The van der Waals surface area contributed by atoms with Crippen LogP contribution in [-0.2, 0) is 0 Å². The van der Waals surface area contributed by atoms with Crippen molar-refractivity contribution in [1.82, 2.24) is 18.1 Å². The molecule has 4 atom stereocenters. The molecule has 1 fully saturated rings. The molecule has 2 aliphatic heterocycles. The Morgan fingerprint density at radius 1 is 0.564 bits per heavy atom. The van der Waals surface area contributed by atoms with Crippen LogP contribution in [0, 0.1) is 19.8 Å². The van der Waals surface area contributed by atoms with Crippen molar-refractivity contribution in [3.8, 4) is 11.4 Å². The summed E-state index contributed by atoms with van der Waals surface area (Å²) in [4.78, 5) is 5.34. The molecule has 0 bridgehead atoms. The zero-order chi connectivity index (χ0) is 50.5. The van der Waals surface area contributed by atoms with Crippen LogP contribution in [0.5, 0.6) is 0 Å². The minimum atomic E-state index is -1.16. The van der Waals surface area contributed by atoms with Crippen molar-refractivity contribution in [2.45, 2.75) is 37.1 Å². The maximum absolute atomic E-state index is 7.89. The summed E-state index contributed by atoms with van der Waals surface area (Å²) in [7, 11) is -1.16. The lowest BCUT2D eigenvalue weighted by Crippen LogP contribution is -2.36. The number of anilines is 2. The second-order valence-electron chi connectivity index (χ2n) is 22.3. The molecular formula is C69H43N5OPS2+. The summed E-state index contributed by atoms with van der Waals surface area (Å²) in [5.41, 5.74) is 23.0. The summed E-state index contributed by atoms with van der Waals surface area (Å²) < 4.78 is 20.8. The maximum atomic E-state index is 7.89. The SMILES string of the molecule is Cc1ccc2c(c1)SC1=C(n3c4ccccc4c4ccccc43)C=c3oc4cc(-n5c6c(c7ccccc75)C5CC5C=C6)c5sc6cc(C)ccc6n6c7cc(-n8c9ccccc9c9ccccc98)cc8c7[p+](c3C1N28)c4c56. The molecule has 0 radical (unpaired) electrons. The summed E-state index contributed by atoms with van der Waals surface area (Å²) in [6, 6.07) is 66.7. The Labute approximate surface area is 454 Å². The number of thioether (sulfide) groups is 1. The average Bonchev–Trinajstić information content (AvgIpc) is 2.33. The van der Waals surface area contributed by atoms with Crippen LogP contribution in [0.1, 0.15) is 46.1 Å². The summed E-state index contributed by atoms with van der Waals surface area (Å²) >= 11 is 3.91. The van der Waals surface area contributed by atoms with Crippen LogP contribution >= 0.6 is 30.4 Å². The van der Waals surface area contributed by atoms with Crippen molar-refractivity contribution in [2.24, 2.45) is 5.92 Å². The standard InChI is InChI=1S/C69H43N5OPS2/c1-36-23-26-51-60(29-36)77-68-56(71-48-20-10-5-15-42(48)43-16-6-11-21-49(43)71)34-58-66-63(68)73(51)54-32-39(70-46-18-8-3-13-40(46)41-14-4-9-19-47(41)70)33-55-65(54)76(66)67-59(75-58)35-57(69-64(67)74(55)52-27-24-37(2)30-61(52)78-69)72-50-22-12-7-17-44(50)62-45-31-38(45)25-28-53(62)72/h3-30,32-35,38,45,63H,31H2,1-2H3/q+1. The molecule has 0 spiro atoms. The van der Waals surface area contributed by atoms with Crippen LogP contribution < -0.4 is 10.3 Å². The van der Waals surface area contributed by atoms with Crippen molar-refractivity contribution in [1.29, 1.82) is 0 Å². The van der Waals surface area contributed by atoms with Crippen LogP contribution in [0.4, 0.5) is 11.4 Å². The van der Waals surface area contributed by atoms with E-state index in [0.29, 0.717) is 11.8 Å². The first kappa shape index (κ1) is 41.6. The van der Waals surface area contributed by atoms with Gasteiger partial charge in [0.05, 0.1) is 76.6 Å². The molecule has 9 heteroatoms. The number of hydrogen-bond donors (Lipinski definition) is 0. The Kier molecular flexibility index (Phi) is 7.65. The fourth-order valence-electron chi connectivity index (χ4n) is 14.9. The van der Waals surface area contributed by atoms with Gasteiger partial charge in [-0.2, -0.15) is 0 Å². The van der Waals surface area contributed by atoms with Gasteiger partial charge in [0.1, 0.15) is 17.1 Å². The molecule has 5 aliphatic rings. The fourth-order valence-corrected chi connectivity index (χ4v) is 20.8. The lowest BCUT2D eigenvalue weighted by atomic mass is 10.0. The van der Waals surface area contributed by atoms with Crippen LogP contribution in [0.25, 0.3) is 126 Å². The summed E-state index contributed by atoms with van der Waals surface area (Å²) in [6.07, 6.45) is 8.57. The number of aryl methyl sites for hydroxylation is 2. The Balaban J connectivity index is 1.04. The van der Waals surface area contributed by atoms with Crippen molar-refractivity contribution in [2.75, 3.05) is 4.90 Å². The first-order valence-corrected chi connectivity index (χ1v) is 30.2. The van der Waals surface area contributed by atoms with Gasteiger partial charge in [0.15, 0.2) is 18.3 Å². The number of para-hydroxylation sites is 5. The summed E-state index contributed by atoms with van der Waals surface area (Å²) in [6.45, 7) is 4.48. The number of benzene rings is 9. The molecule has 6 nitrogen and oxygen atoms in total. The number of allylic oxidation sites excluding steroid dienone is 2. The second kappa shape index (κ2) is 14.3. The fraction of sp³-hybridized carbons (Fsp3) is 0.0870. The largest absolute Gasteiger partial charge is 0.448 e. The molecular weight excluding hydrogens is 1010 g/mol. The first-order chi connectivity index (χ1) is 38.5. The molecule has 0 saturated heterocycles. The van der Waals surface area contributed by atoms with E-state index in [9.17, 15) is 0 Å². The predicted octanol–water partition coefficient (Wildman–Crippen LogP) is 18.9. The molecule has 366 valence electrons. The highest BCUT2D eigenvalue weighted by atomic mass is 32.2. The van der Waals surface area contributed by atoms with Gasteiger partial charge in [-0.1, -0.05) is 121 Å². The second-order valence-corrected chi connectivity index (χ2v) is 26.5.